The second-order valence-electron chi connectivity index (χ2n) is 6.85. The van der Waals surface area contributed by atoms with E-state index >= 15 is 0 Å². The highest BCUT2D eigenvalue weighted by Crippen LogP contribution is 2.26. The van der Waals surface area contributed by atoms with Gasteiger partial charge in [-0.15, -0.1) is 12.4 Å². The fourth-order valence-corrected chi connectivity index (χ4v) is 2.19. The van der Waals surface area contributed by atoms with Gasteiger partial charge in [0.2, 0.25) is 5.91 Å². The molecular formula is C18H27ClN4O. The third-order valence-corrected chi connectivity index (χ3v) is 3.63. The normalized spacial score (nSPS) is 11.0. The van der Waals surface area contributed by atoms with E-state index in [1.54, 1.807) is 4.68 Å². The molecular weight excluding hydrogens is 324 g/mol. The van der Waals surface area contributed by atoms with E-state index in [1.165, 1.54) is 5.56 Å². The third kappa shape index (κ3) is 5.08. The minimum absolute atomic E-state index is 0. The Kier molecular flexibility index (Phi) is 6.99. The molecule has 1 aromatic heterocycles. The zero-order valence-electron chi connectivity index (χ0n) is 14.8. The van der Waals surface area contributed by atoms with Gasteiger partial charge in [0.1, 0.15) is 5.82 Å². The zero-order chi connectivity index (χ0) is 17.0. The Hall–Kier alpha value is -1.85. The number of anilines is 1. The molecule has 3 N–H and O–H groups in total. The van der Waals surface area contributed by atoms with Gasteiger partial charge in [0, 0.05) is 17.9 Å². The highest BCUT2D eigenvalue weighted by Gasteiger charge is 2.21. The van der Waals surface area contributed by atoms with Crippen LogP contribution in [-0.2, 0) is 10.2 Å². The van der Waals surface area contributed by atoms with Crippen molar-refractivity contribution in [3.8, 4) is 5.69 Å². The molecule has 2 rings (SSSR count). The molecule has 5 nitrogen and oxygen atoms in total. The van der Waals surface area contributed by atoms with Crippen LogP contribution < -0.4 is 11.1 Å². The molecule has 0 aliphatic rings. The highest BCUT2D eigenvalue weighted by atomic mass is 35.5. The number of halogens is 1. The average Bonchev–Trinajstić information content (AvgIpc) is 2.90. The smallest absolute Gasteiger partial charge is 0.225 e. The number of aromatic nitrogens is 2. The molecule has 0 aliphatic carbocycles. The van der Waals surface area contributed by atoms with E-state index in [0.717, 1.165) is 11.4 Å². The van der Waals surface area contributed by atoms with Crippen molar-refractivity contribution in [1.29, 1.82) is 0 Å². The summed E-state index contributed by atoms with van der Waals surface area (Å²) in [5.74, 6) is 0.657. The van der Waals surface area contributed by atoms with Crippen LogP contribution in [0, 0.1) is 6.92 Å². The number of benzene rings is 1. The third-order valence-electron chi connectivity index (χ3n) is 3.63. The van der Waals surface area contributed by atoms with Crippen LogP contribution in [0.2, 0.25) is 0 Å². The summed E-state index contributed by atoms with van der Waals surface area (Å²) in [5, 5.41) is 7.65. The molecule has 0 radical (unpaired) electrons. The lowest BCUT2D eigenvalue weighted by molar-refractivity contribution is -0.116. The van der Waals surface area contributed by atoms with Crippen LogP contribution in [0.1, 0.15) is 44.9 Å². The van der Waals surface area contributed by atoms with E-state index in [1.807, 2.05) is 37.3 Å². The number of nitrogens with two attached hydrogens (primary N) is 1. The lowest BCUT2D eigenvalue weighted by Crippen LogP contribution is -2.16. The number of hydrogen-bond acceptors (Lipinski definition) is 3. The van der Waals surface area contributed by atoms with E-state index in [2.05, 4.69) is 26.1 Å². The van der Waals surface area contributed by atoms with Crippen LogP contribution in [0.4, 0.5) is 5.82 Å². The molecule has 6 heteroatoms. The summed E-state index contributed by atoms with van der Waals surface area (Å²) < 4.78 is 1.79. The number of hydrogen-bond donors (Lipinski definition) is 2. The molecule has 0 aliphatic heterocycles. The van der Waals surface area contributed by atoms with Gasteiger partial charge >= 0.3 is 0 Å². The molecule has 2 aromatic rings. The summed E-state index contributed by atoms with van der Waals surface area (Å²) in [7, 11) is 0. The number of rotatable bonds is 5. The maximum Gasteiger partial charge on any atom is 0.225 e. The van der Waals surface area contributed by atoms with E-state index in [0.29, 0.717) is 25.2 Å². The number of nitrogens with zero attached hydrogens (tertiary/aromatic N) is 2. The molecule has 0 saturated carbocycles. The predicted octanol–water partition coefficient (Wildman–Crippen LogP) is 3.58. The van der Waals surface area contributed by atoms with E-state index < -0.39 is 0 Å². The first-order valence-corrected chi connectivity index (χ1v) is 7.99. The first-order valence-electron chi connectivity index (χ1n) is 7.99. The number of aryl methyl sites for hydroxylation is 1. The van der Waals surface area contributed by atoms with Gasteiger partial charge < -0.3 is 11.1 Å². The van der Waals surface area contributed by atoms with Gasteiger partial charge in [-0.3, -0.25) is 4.79 Å². The first-order chi connectivity index (χ1) is 10.8. The van der Waals surface area contributed by atoms with E-state index in [4.69, 9.17) is 10.8 Å². The Morgan fingerprint density at radius 3 is 2.42 bits per heavy atom. The number of amides is 1. The maximum absolute atomic E-state index is 12.1. The maximum atomic E-state index is 12.1. The Labute approximate surface area is 150 Å². The minimum Gasteiger partial charge on any atom is -0.330 e. The molecule has 0 spiro atoms. The predicted molar refractivity (Wildman–Crippen MR) is 101 cm³/mol. The van der Waals surface area contributed by atoms with E-state index in [9.17, 15) is 4.79 Å². The van der Waals surface area contributed by atoms with Crippen molar-refractivity contribution in [1.82, 2.24) is 9.78 Å². The molecule has 132 valence electrons. The standard InChI is InChI=1S/C18H26N4O.ClH/c1-13-7-9-14(10-8-13)22-16(20-17(23)6-5-11-19)12-15(21-22)18(2,3)4;/h7-10,12H,5-6,11,19H2,1-4H3,(H,20,23);1H. The monoisotopic (exact) mass is 350 g/mol. The van der Waals surface area contributed by atoms with Crippen LogP contribution in [0.5, 0.6) is 0 Å². The van der Waals surface area contributed by atoms with Crippen molar-refractivity contribution in [3.63, 3.8) is 0 Å². The van der Waals surface area contributed by atoms with Gasteiger partial charge in [-0.05, 0) is 32.0 Å². The van der Waals surface area contributed by atoms with Crippen molar-refractivity contribution < 1.29 is 4.79 Å². The summed E-state index contributed by atoms with van der Waals surface area (Å²) in [6, 6.07) is 10.0. The number of carbonyl (C=O) groups excluding carboxylic acids is 1. The van der Waals surface area contributed by atoms with Crippen LogP contribution in [0.3, 0.4) is 0 Å². The van der Waals surface area contributed by atoms with Gasteiger partial charge in [-0.2, -0.15) is 5.10 Å². The second kappa shape index (κ2) is 8.31. The van der Waals surface area contributed by atoms with Crippen molar-refractivity contribution >= 4 is 24.1 Å². The van der Waals surface area contributed by atoms with Gasteiger partial charge in [-0.1, -0.05) is 38.5 Å². The van der Waals surface area contributed by atoms with E-state index in [-0.39, 0.29) is 23.7 Å². The largest absolute Gasteiger partial charge is 0.330 e. The molecule has 1 amide bonds. The van der Waals surface area contributed by atoms with Crippen LogP contribution >= 0.6 is 12.4 Å². The molecule has 0 unspecified atom stereocenters. The van der Waals surface area contributed by atoms with Gasteiger partial charge in [-0.25, -0.2) is 4.68 Å². The molecule has 0 saturated heterocycles. The first kappa shape index (κ1) is 20.2. The van der Waals surface area contributed by atoms with Gasteiger partial charge in [0.05, 0.1) is 11.4 Å². The number of nitrogens with one attached hydrogen (secondary N) is 1. The lowest BCUT2D eigenvalue weighted by Gasteiger charge is -2.14. The highest BCUT2D eigenvalue weighted by molar-refractivity contribution is 5.90. The Balaban J connectivity index is 0.00000288. The molecule has 1 heterocycles. The summed E-state index contributed by atoms with van der Waals surface area (Å²) in [6.07, 6.45) is 1.09. The van der Waals surface area contributed by atoms with Crippen LogP contribution in [-0.4, -0.2) is 22.2 Å². The topological polar surface area (TPSA) is 72.9 Å². The molecule has 0 fully saturated rings. The second-order valence-corrected chi connectivity index (χ2v) is 6.85. The Morgan fingerprint density at radius 1 is 1.25 bits per heavy atom. The fraction of sp³-hybridized carbons (Fsp3) is 0.444. The Morgan fingerprint density at radius 2 is 1.88 bits per heavy atom. The van der Waals surface area contributed by atoms with Crippen LogP contribution in [0.15, 0.2) is 30.3 Å². The van der Waals surface area contributed by atoms with Gasteiger partial charge in [0.15, 0.2) is 0 Å². The summed E-state index contributed by atoms with van der Waals surface area (Å²) in [6.45, 7) is 8.87. The quantitative estimate of drug-likeness (QED) is 0.865. The lowest BCUT2D eigenvalue weighted by atomic mass is 9.92. The van der Waals surface area contributed by atoms with Crippen molar-refractivity contribution in [2.45, 2.75) is 46.0 Å². The molecule has 1 aromatic carbocycles. The molecule has 0 bridgehead atoms. The summed E-state index contributed by atoms with van der Waals surface area (Å²) >= 11 is 0. The van der Waals surface area contributed by atoms with Crippen molar-refractivity contribution in [2.24, 2.45) is 5.73 Å². The summed E-state index contributed by atoms with van der Waals surface area (Å²) in [4.78, 5) is 12.1. The zero-order valence-corrected chi connectivity index (χ0v) is 15.6. The molecule has 0 atom stereocenters. The fourth-order valence-electron chi connectivity index (χ4n) is 2.19. The number of carbonyl (C=O) groups is 1. The average molecular weight is 351 g/mol. The van der Waals surface area contributed by atoms with Crippen molar-refractivity contribution in [3.05, 3.63) is 41.6 Å². The Bertz CT molecular complexity index is 671. The minimum atomic E-state index is -0.0906. The molecule has 24 heavy (non-hydrogen) atoms. The van der Waals surface area contributed by atoms with Gasteiger partial charge in [0.25, 0.3) is 0 Å². The van der Waals surface area contributed by atoms with Crippen molar-refractivity contribution in [2.75, 3.05) is 11.9 Å². The van der Waals surface area contributed by atoms with Crippen LogP contribution in [0.25, 0.3) is 5.69 Å². The summed E-state index contributed by atoms with van der Waals surface area (Å²) in [5.41, 5.74) is 8.43. The SMILES string of the molecule is Cc1ccc(-n2nc(C(C)(C)C)cc2NC(=O)CCCN)cc1.Cl.